The lowest BCUT2D eigenvalue weighted by atomic mass is 10.9. The summed E-state index contributed by atoms with van der Waals surface area (Å²) >= 11 is 14.6. The molecule has 0 unspecified atom stereocenters. The molecule has 0 amide bonds. The predicted octanol–water partition coefficient (Wildman–Crippen LogP) is 1.72. The number of carbonyl (C=O) groups excluding carboxylic acids is 1. The maximum atomic E-state index is 9.43. The third-order valence-electron chi connectivity index (χ3n) is 0.134. The number of rotatable bonds is 0. The zero-order valence-electron chi connectivity index (χ0n) is 3.33. The van der Waals surface area contributed by atoms with Gasteiger partial charge in [-0.25, -0.2) is 0 Å². The second kappa shape index (κ2) is 3.50. The van der Waals surface area contributed by atoms with E-state index in [4.69, 9.17) is 34.8 Å². The molecule has 0 saturated heterocycles. The average molecular weight is 164 g/mol. The Labute approximate surface area is 56.3 Å². The zero-order valence-corrected chi connectivity index (χ0v) is 5.59. The Morgan fingerprint density at radius 1 is 1.29 bits per heavy atom. The van der Waals surface area contributed by atoms with Crippen molar-refractivity contribution in [3.05, 3.63) is 0 Å². The van der Waals surface area contributed by atoms with Gasteiger partial charge in [-0.15, -0.1) is 0 Å². The molecule has 0 spiro atoms. The van der Waals surface area contributed by atoms with Crippen LogP contribution in [0.2, 0.25) is 0 Å². The number of aldehydes is 1. The Kier molecular flexibility index (Phi) is 5.23. The van der Waals surface area contributed by atoms with E-state index in [0.717, 1.165) is 0 Å². The molecule has 0 rings (SSSR count). The maximum absolute atomic E-state index is 9.43. The molecule has 2 nitrogen and oxygen atoms in total. The summed E-state index contributed by atoms with van der Waals surface area (Å²) in [7, 11) is 0. The van der Waals surface area contributed by atoms with E-state index in [9.17, 15) is 4.79 Å². The fourth-order valence-corrected chi connectivity index (χ4v) is 0. The summed E-state index contributed by atoms with van der Waals surface area (Å²) in [5, 5.41) is 0. The van der Waals surface area contributed by atoms with Gasteiger partial charge in [0.1, 0.15) is 0 Å². The highest BCUT2D eigenvalue weighted by atomic mass is 35.6. The third-order valence-corrected chi connectivity index (χ3v) is 0.401. The van der Waals surface area contributed by atoms with Gasteiger partial charge < -0.3 is 6.15 Å². The van der Waals surface area contributed by atoms with Gasteiger partial charge >= 0.3 is 0 Å². The number of hydrogen-bond donors (Lipinski definition) is 1. The number of alkyl halides is 3. The molecule has 0 fully saturated rings. The van der Waals surface area contributed by atoms with Gasteiger partial charge in [0.2, 0.25) is 3.79 Å². The van der Waals surface area contributed by atoms with E-state index in [-0.39, 0.29) is 12.4 Å². The lowest BCUT2D eigenvalue weighted by Gasteiger charge is -1.93. The second-order valence-corrected chi connectivity index (χ2v) is 3.03. The Hall–Kier alpha value is 0.500. The summed E-state index contributed by atoms with van der Waals surface area (Å²) in [6.07, 6.45) is 0.234. The van der Waals surface area contributed by atoms with Crippen LogP contribution in [0.15, 0.2) is 0 Å². The summed E-state index contributed by atoms with van der Waals surface area (Å²) in [5.74, 6) is 0. The number of halogens is 3. The molecule has 0 saturated carbocycles. The van der Waals surface area contributed by atoms with Gasteiger partial charge in [0.15, 0.2) is 6.29 Å². The first-order valence-corrected chi connectivity index (χ1v) is 2.23. The van der Waals surface area contributed by atoms with Crippen LogP contribution in [-0.2, 0) is 4.79 Å². The fraction of sp³-hybridized carbons (Fsp3) is 0.500. The van der Waals surface area contributed by atoms with Gasteiger partial charge in [-0.1, -0.05) is 34.8 Å². The lowest BCUT2D eigenvalue weighted by molar-refractivity contribution is -0.107. The van der Waals surface area contributed by atoms with E-state index < -0.39 is 3.79 Å². The third kappa shape index (κ3) is 10.7. The standard InChI is InChI=1S/C2HCl3O.H3N/c3-2(4,5)1-6;/h1H;1H3. The molecule has 3 N–H and O–H groups in total. The molecule has 0 bridgehead atoms. The minimum atomic E-state index is -1.72. The summed E-state index contributed by atoms with van der Waals surface area (Å²) < 4.78 is -1.72. The SMILES string of the molecule is N.O=CC(Cl)(Cl)Cl. The van der Waals surface area contributed by atoms with Crippen molar-refractivity contribution in [1.82, 2.24) is 6.15 Å². The van der Waals surface area contributed by atoms with Crippen LogP contribution in [0, 0.1) is 0 Å². The van der Waals surface area contributed by atoms with E-state index in [2.05, 4.69) is 0 Å². The largest absolute Gasteiger partial charge is 0.344 e. The molecule has 7 heavy (non-hydrogen) atoms. The van der Waals surface area contributed by atoms with E-state index in [1.54, 1.807) is 0 Å². The Bertz CT molecular complexity index is 58.4. The molecular weight excluding hydrogens is 160 g/mol. The highest BCUT2D eigenvalue weighted by molar-refractivity contribution is 6.74. The first kappa shape index (κ1) is 10.5. The fourth-order valence-electron chi connectivity index (χ4n) is 0. The van der Waals surface area contributed by atoms with E-state index in [1.807, 2.05) is 0 Å². The highest BCUT2D eigenvalue weighted by Gasteiger charge is 2.16. The number of carbonyl (C=O) groups is 1. The minimum Gasteiger partial charge on any atom is -0.344 e. The average Bonchev–Trinajstić information content (AvgIpc) is 1.35. The van der Waals surface area contributed by atoms with Crippen molar-refractivity contribution in [3.8, 4) is 0 Å². The van der Waals surface area contributed by atoms with E-state index in [1.165, 1.54) is 0 Å². The first-order valence-electron chi connectivity index (χ1n) is 1.09. The first-order chi connectivity index (χ1) is 2.56. The predicted molar refractivity (Wildman–Crippen MR) is 31.4 cm³/mol. The van der Waals surface area contributed by atoms with Crippen LogP contribution in [0.1, 0.15) is 0 Å². The molecule has 0 aromatic carbocycles. The van der Waals surface area contributed by atoms with Crippen LogP contribution in [0.25, 0.3) is 0 Å². The van der Waals surface area contributed by atoms with Gasteiger partial charge in [-0.2, -0.15) is 0 Å². The summed E-state index contributed by atoms with van der Waals surface area (Å²) in [6.45, 7) is 0. The monoisotopic (exact) mass is 163 g/mol. The molecule has 0 aromatic rings. The molecule has 0 aromatic heterocycles. The van der Waals surface area contributed by atoms with Crippen molar-refractivity contribution in [2.45, 2.75) is 3.79 Å². The van der Waals surface area contributed by atoms with Crippen molar-refractivity contribution in [2.24, 2.45) is 0 Å². The second-order valence-electron chi connectivity index (χ2n) is 0.659. The quantitative estimate of drug-likeness (QED) is 0.438. The molecule has 0 radical (unpaired) electrons. The summed E-state index contributed by atoms with van der Waals surface area (Å²) in [5.41, 5.74) is 0. The smallest absolute Gasteiger partial charge is 0.245 e. The molecule has 0 atom stereocenters. The Morgan fingerprint density at radius 2 is 1.43 bits per heavy atom. The molecule has 44 valence electrons. The lowest BCUT2D eigenvalue weighted by Crippen LogP contribution is -2.00. The molecule has 0 aliphatic rings. The zero-order chi connectivity index (χ0) is 5.21. The van der Waals surface area contributed by atoms with Crippen LogP contribution in [0.4, 0.5) is 0 Å². The van der Waals surface area contributed by atoms with Gasteiger partial charge in [0, 0.05) is 0 Å². The summed E-state index contributed by atoms with van der Waals surface area (Å²) in [6, 6.07) is 0. The van der Waals surface area contributed by atoms with Gasteiger partial charge in [0.25, 0.3) is 0 Å². The van der Waals surface area contributed by atoms with Crippen LogP contribution >= 0.6 is 34.8 Å². The van der Waals surface area contributed by atoms with Crippen LogP contribution < -0.4 is 6.15 Å². The van der Waals surface area contributed by atoms with Crippen molar-refractivity contribution < 1.29 is 4.79 Å². The maximum Gasteiger partial charge on any atom is 0.245 e. The highest BCUT2D eigenvalue weighted by Crippen LogP contribution is 2.21. The van der Waals surface area contributed by atoms with Gasteiger partial charge in [0.05, 0.1) is 0 Å². The van der Waals surface area contributed by atoms with E-state index in [0.29, 0.717) is 0 Å². The number of hydrogen-bond acceptors (Lipinski definition) is 2. The molecule has 0 aliphatic carbocycles. The van der Waals surface area contributed by atoms with Crippen LogP contribution in [0.3, 0.4) is 0 Å². The van der Waals surface area contributed by atoms with Crippen molar-refractivity contribution >= 4 is 41.1 Å². The topological polar surface area (TPSA) is 52.1 Å². The molecule has 0 heterocycles. The van der Waals surface area contributed by atoms with Crippen LogP contribution in [-0.4, -0.2) is 10.1 Å². The van der Waals surface area contributed by atoms with Gasteiger partial charge in [-0.3, -0.25) is 4.79 Å². The van der Waals surface area contributed by atoms with Crippen molar-refractivity contribution in [2.75, 3.05) is 0 Å². The van der Waals surface area contributed by atoms with Crippen LogP contribution in [0.5, 0.6) is 0 Å². The normalized spacial score (nSPS) is 9.57. The van der Waals surface area contributed by atoms with Gasteiger partial charge in [-0.05, 0) is 0 Å². The molecule has 0 aliphatic heterocycles. The van der Waals surface area contributed by atoms with E-state index >= 15 is 0 Å². The minimum absolute atomic E-state index is 0. The Balaban J connectivity index is 0. The Morgan fingerprint density at radius 3 is 1.43 bits per heavy atom. The molecular formula is C2H4Cl3NO. The van der Waals surface area contributed by atoms with Crippen molar-refractivity contribution in [1.29, 1.82) is 0 Å². The molecule has 5 heteroatoms. The summed E-state index contributed by atoms with van der Waals surface area (Å²) in [4.78, 5) is 9.43. The van der Waals surface area contributed by atoms with Crippen molar-refractivity contribution in [3.63, 3.8) is 0 Å².